The smallest absolute Gasteiger partial charge is 0.325 e. The molecular weight excluding hydrogens is 269 g/mol. The van der Waals surface area contributed by atoms with E-state index < -0.39 is 17.8 Å². The van der Waals surface area contributed by atoms with Crippen molar-refractivity contribution in [1.82, 2.24) is 4.90 Å². The summed E-state index contributed by atoms with van der Waals surface area (Å²) in [6, 6.07) is 3.45. The topological polar surface area (TPSA) is 40.5 Å². The lowest BCUT2D eigenvalue weighted by molar-refractivity contribution is -0.143. The van der Waals surface area contributed by atoms with Crippen LogP contribution in [0, 0.1) is 5.82 Å². The van der Waals surface area contributed by atoms with E-state index in [1.54, 1.807) is 6.07 Å². The molecule has 104 valence electrons. The second-order valence-electron chi connectivity index (χ2n) is 4.86. The number of carboxylic acid groups (broad SMARTS) is 1. The van der Waals surface area contributed by atoms with Crippen LogP contribution in [0.25, 0.3) is 0 Å². The SMILES string of the molecule is O=C(O)C(c1ccc(Cl)c(F)c1)N1CCCCCC1. The molecule has 19 heavy (non-hydrogen) atoms. The zero-order valence-corrected chi connectivity index (χ0v) is 11.4. The molecule has 0 bridgehead atoms. The van der Waals surface area contributed by atoms with Crippen molar-refractivity contribution in [3.05, 3.63) is 34.6 Å². The highest BCUT2D eigenvalue weighted by atomic mass is 35.5. The van der Waals surface area contributed by atoms with Gasteiger partial charge in [0.15, 0.2) is 0 Å². The Morgan fingerprint density at radius 2 is 1.89 bits per heavy atom. The maximum Gasteiger partial charge on any atom is 0.325 e. The minimum atomic E-state index is -0.941. The quantitative estimate of drug-likeness (QED) is 0.924. The van der Waals surface area contributed by atoms with Gasteiger partial charge in [0, 0.05) is 0 Å². The number of aliphatic carboxylic acids is 1. The zero-order chi connectivity index (χ0) is 13.8. The van der Waals surface area contributed by atoms with Crippen LogP contribution in [0.1, 0.15) is 37.3 Å². The van der Waals surface area contributed by atoms with Crippen LogP contribution in [-0.2, 0) is 4.79 Å². The molecule has 1 unspecified atom stereocenters. The van der Waals surface area contributed by atoms with Crippen molar-refractivity contribution < 1.29 is 14.3 Å². The maximum absolute atomic E-state index is 13.5. The van der Waals surface area contributed by atoms with Gasteiger partial charge in [-0.1, -0.05) is 30.5 Å². The molecule has 1 atom stereocenters. The third-order valence-corrected chi connectivity index (χ3v) is 3.81. The molecule has 0 radical (unpaired) electrons. The van der Waals surface area contributed by atoms with Gasteiger partial charge in [-0.05, 0) is 43.6 Å². The molecule has 1 aromatic carbocycles. The van der Waals surface area contributed by atoms with E-state index in [4.69, 9.17) is 11.6 Å². The van der Waals surface area contributed by atoms with Crippen molar-refractivity contribution in [3.63, 3.8) is 0 Å². The molecule has 0 aromatic heterocycles. The fourth-order valence-electron chi connectivity index (χ4n) is 2.55. The number of hydrogen-bond acceptors (Lipinski definition) is 2. The lowest BCUT2D eigenvalue weighted by atomic mass is 10.0. The maximum atomic E-state index is 13.5. The van der Waals surface area contributed by atoms with Crippen molar-refractivity contribution >= 4 is 17.6 Å². The number of halogens is 2. The molecular formula is C14H17ClFNO2. The molecule has 2 rings (SSSR count). The van der Waals surface area contributed by atoms with E-state index in [9.17, 15) is 14.3 Å². The van der Waals surface area contributed by atoms with Crippen LogP contribution < -0.4 is 0 Å². The van der Waals surface area contributed by atoms with Gasteiger partial charge in [0.1, 0.15) is 11.9 Å². The second kappa shape index (κ2) is 6.35. The van der Waals surface area contributed by atoms with Crippen molar-refractivity contribution in [1.29, 1.82) is 0 Å². The summed E-state index contributed by atoms with van der Waals surface area (Å²) in [7, 11) is 0. The average Bonchev–Trinajstić information content (AvgIpc) is 2.62. The Morgan fingerprint density at radius 3 is 2.42 bits per heavy atom. The molecule has 3 nitrogen and oxygen atoms in total. The van der Waals surface area contributed by atoms with Gasteiger partial charge in [0.05, 0.1) is 5.02 Å². The molecule has 0 aliphatic carbocycles. The van der Waals surface area contributed by atoms with Gasteiger partial charge in [-0.15, -0.1) is 0 Å². The van der Waals surface area contributed by atoms with Gasteiger partial charge in [-0.2, -0.15) is 0 Å². The van der Waals surface area contributed by atoms with E-state index in [1.807, 2.05) is 4.90 Å². The normalized spacial score (nSPS) is 18.8. The molecule has 1 aliphatic heterocycles. The lowest BCUT2D eigenvalue weighted by Gasteiger charge is -2.27. The first-order chi connectivity index (χ1) is 9.09. The van der Waals surface area contributed by atoms with E-state index >= 15 is 0 Å². The van der Waals surface area contributed by atoms with Crippen LogP contribution in [0.2, 0.25) is 5.02 Å². The van der Waals surface area contributed by atoms with Crippen LogP contribution in [0.15, 0.2) is 18.2 Å². The highest BCUT2D eigenvalue weighted by Gasteiger charge is 2.28. The zero-order valence-electron chi connectivity index (χ0n) is 10.6. The van der Waals surface area contributed by atoms with E-state index in [2.05, 4.69) is 0 Å². The highest BCUT2D eigenvalue weighted by Crippen LogP contribution is 2.27. The van der Waals surface area contributed by atoms with E-state index in [0.717, 1.165) is 38.8 Å². The summed E-state index contributed by atoms with van der Waals surface area (Å²) >= 11 is 5.64. The lowest BCUT2D eigenvalue weighted by Crippen LogP contribution is -2.35. The van der Waals surface area contributed by atoms with Gasteiger partial charge in [-0.3, -0.25) is 9.69 Å². The van der Waals surface area contributed by atoms with Gasteiger partial charge in [0.2, 0.25) is 0 Å². The number of carboxylic acids is 1. The Morgan fingerprint density at radius 1 is 1.26 bits per heavy atom. The fraction of sp³-hybridized carbons (Fsp3) is 0.500. The number of hydrogen-bond donors (Lipinski definition) is 1. The number of benzene rings is 1. The predicted molar refractivity (Wildman–Crippen MR) is 71.8 cm³/mol. The second-order valence-corrected chi connectivity index (χ2v) is 5.27. The molecule has 0 saturated carbocycles. The van der Waals surface area contributed by atoms with Crippen LogP contribution in [0.5, 0.6) is 0 Å². The highest BCUT2D eigenvalue weighted by molar-refractivity contribution is 6.30. The molecule has 1 heterocycles. The summed E-state index contributed by atoms with van der Waals surface area (Å²) in [5.74, 6) is -1.51. The number of carbonyl (C=O) groups is 1. The van der Waals surface area contributed by atoms with Gasteiger partial charge >= 0.3 is 5.97 Å². The molecule has 1 aromatic rings. The molecule has 1 saturated heterocycles. The summed E-state index contributed by atoms with van der Waals surface area (Å²) in [4.78, 5) is 13.4. The minimum absolute atomic E-state index is 0.0174. The van der Waals surface area contributed by atoms with Gasteiger partial charge in [0.25, 0.3) is 0 Å². The van der Waals surface area contributed by atoms with Crippen molar-refractivity contribution in [2.45, 2.75) is 31.7 Å². The predicted octanol–water partition coefficient (Wildman–Crippen LogP) is 3.48. The fourth-order valence-corrected chi connectivity index (χ4v) is 2.66. The van der Waals surface area contributed by atoms with E-state index in [0.29, 0.717) is 5.56 Å². The Kier molecular flexibility index (Phi) is 4.77. The van der Waals surface area contributed by atoms with Crippen molar-refractivity contribution in [2.24, 2.45) is 0 Å². The summed E-state index contributed by atoms with van der Waals surface area (Å²) in [6.45, 7) is 1.47. The summed E-state index contributed by atoms with van der Waals surface area (Å²) in [6.07, 6.45) is 4.22. The van der Waals surface area contributed by atoms with Crippen LogP contribution in [-0.4, -0.2) is 29.1 Å². The van der Waals surface area contributed by atoms with Gasteiger partial charge in [-0.25, -0.2) is 4.39 Å². The number of likely N-dealkylation sites (tertiary alicyclic amines) is 1. The number of nitrogens with zero attached hydrogens (tertiary/aromatic N) is 1. The van der Waals surface area contributed by atoms with Crippen LogP contribution >= 0.6 is 11.6 Å². The molecule has 0 amide bonds. The first kappa shape index (κ1) is 14.3. The molecule has 0 spiro atoms. The van der Waals surface area contributed by atoms with Crippen molar-refractivity contribution in [3.8, 4) is 0 Å². The third-order valence-electron chi connectivity index (χ3n) is 3.50. The van der Waals surface area contributed by atoms with E-state index in [-0.39, 0.29) is 5.02 Å². The molecule has 1 aliphatic rings. The first-order valence-electron chi connectivity index (χ1n) is 6.51. The standard InChI is InChI=1S/C14H17ClFNO2/c15-11-6-5-10(9-12(11)16)13(14(18)19)17-7-3-1-2-4-8-17/h5-6,9,13H,1-4,7-8H2,(H,18,19). The molecule has 1 N–H and O–H groups in total. The largest absolute Gasteiger partial charge is 0.480 e. The third kappa shape index (κ3) is 3.45. The minimum Gasteiger partial charge on any atom is -0.480 e. The van der Waals surface area contributed by atoms with E-state index in [1.165, 1.54) is 12.1 Å². The Bertz CT molecular complexity index is 459. The average molecular weight is 286 g/mol. The Labute approximate surface area is 117 Å². The monoisotopic (exact) mass is 285 g/mol. The Balaban J connectivity index is 2.27. The Hall–Kier alpha value is -1.13. The first-order valence-corrected chi connectivity index (χ1v) is 6.89. The number of rotatable bonds is 3. The molecule has 1 fully saturated rings. The summed E-state index contributed by atoms with van der Waals surface area (Å²) in [5.41, 5.74) is 0.455. The van der Waals surface area contributed by atoms with Crippen molar-refractivity contribution in [2.75, 3.05) is 13.1 Å². The van der Waals surface area contributed by atoms with Gasteiger partial charge < -0.3 is 5.11 Å². The summed E-state index contributed by atoms with van der Waals surface area (Å²) < 4.78 is 13.5. The molecule has 5 heteroatoms. The van der Waals surface area contributed by atoms with Crippen LogP contribution in [0.3, 0.4) is 0 Å². The summed E-state index contributed by atoms with van der Waals surface area (Å²) in [5, 5.41) is 9.45. The van der Waals surface area contributed by atoms with Crippen LogP contribution in [0.4, 0.5) is 4.39 Å².